The van der Waals surface area contributed by atoms with Crippen molar-refractivity contribution in [1.82, 2.24) is 9.88 Å². The zero-order chi connectivity index (χ0) is 25.5. The fraction of sp³-hybridized carbons (Fsp3) is 0.258. The molecule has 0 bridgehead atoms. The Hall–Kier alpha value is -4.01. The molecule has 1 unspecified atom stereocenters. The molecule has 5 nitrogen and oxygen atoms in total. The highest BCUT2D eigenvalue weighted by molar-refractivity contribution is 5.97. The van der Waals surface area contributed by atoms with Gasteiger partial charge in [0.2, 0.25) is 0 Å². The van der Waals surface area contributed by atoms with Gasteiger partial charge in [0.25, 0.3) is 5.91 Å². The fourth-order valence-corrected chi connectivity index (χ4v) is 4.24. The lowest BCUT2D eigenvalue weighted by atomic mass is 10.0. The molecule has 1 heterocycles. The first-order valence-electron chi connectivity index (χ1n) is 12.3. The van der Waals surface area contributed by atoms with E-state index in [9.17, 15) is 9.90 Å². The van der Waals surface area contributed by atoms with Crippen molar-refractivity contribution in [2.24, 2.45) is 0 Å². The summed E-state index contributed by atoms with van der Waals surface area (Å²) in [6.07, 6.45) is 2.53. The molecule has 0 spiro atoms. The third-order valence-electron chi connectivity index (χ3n) is 5.95. The van der Waals surface area contributed by atoms with Gasteiger partial charge in [0.1, 0.15) is 5.75 Å². The van der Waals surface area contributed by atoms with Crippen LogP contribution in [0.3, 0.4) is 0 Å². The van der Waals surface area contributed by atoms with E-state index in [4.69, 9.17) is 4.74 Å². The van der Waals surface area contributed by atoms with Crippen molar-refractivity contribution in [1.29, 1.82) is 0 Å². The molecule has 1 amide bonds. The summed E-state index contributed by atoms with van der Waals surface area (Å²) < 4.78 is 8.10. The molecule has 1 atom stereocenters. The second-order valence-electron chi connectivity index (χ2n) is 9.01. The number of carbonyl (C=O) groups is 1. The van der Waals surface area contributed by atoms with Crippen LogP contribution in [-0.2, 0) is 13.0 Å². The zero-order valence-corrected chi connectivity index (χ0v) is 21.0. The van der Waals surface area contributed by atoms with Gasteiger partial charge in [-0.2, -0.15) is 0 Å². The van der Waals surface area contributed by atoms with Crippen LogP contribution in [-0.4, -0.2) is 34.3 Å². The quantitative estimate of drug-likeness (QED) is 0.342. The van der Waals surface area contributed by atoms with Gasteiger partial charge in [-0.15, -0.1) is 0 Å². The summed E-state index contributed by atoms with van der Waals surface area (Å²) >= 11 is 0. The topological polar surface area (TPSA) is 63.5 Å². The molecule has 3 aromatic carbocycles. The number of aromatic nitrogens is 1. The highest BCUT2D eigenvalue weighted by Gasteiger charge is 2.20. The number of rotatable bonds is 8. The summed E-state index contributed by atoms with van der Waals surface area (Å²) in [5, 5.41) is 14.3. The van der Waals surface area contributed by atoms with Crippen LogP contribution >= 0.6 is 0 Å². The maximum absolute atomic E-state index is 13.4. The van der Waals surface area contributed by atoms with Gasteiger partial charge < -0.3 is 19.7 Å². The SMILES string of the molecule is CCn1cc(CC(CO)NC(=O)c2cc(C#Cc3ccccc3)ccc2OC(C)C)c2ccccc21. The molecule has 0 aliphatic heterocycles. The van der Waals surface area contributed by atoms with Crippen molar-refractivity contribution in [3.63, 3.8) is 0 Å². The molecule has 5 heteroatoms. The zero-order valence-electron chi connectivity index (χ0n) is 21.0. The van der Waals surface area contributed by atoms with E-state index < -0.39 is 6.04 Å². The van der Waals surface area contributed by atoms with Crippen molar-refractivity contribution in [2.75, 3.05) is 6.61 Å². The van der Waals surface area contributed by atoms with Crippen molar-refractivity contribution < 1.29 is 14.6 Å². The van der Waals surface area contributed by atoms with Crippen molar-refractivity contribution >= 4 is 16.8 Å². The Morgan fingerprint density at radius 1 is 1.00 bits per heavy atom. The van der Waals surface area contributed by atoms with E-state index >= 15 is 0 Å². The molecule has 0 fully saturated rings. The molecule has 0 radical (unpaired) electrons. The van der Waals surface area contributed by atoms with Crippen LogP contribution in [0.1, 0.15) is 47.8 Å². The largest absolute Gasteiger partial charge is 0.490 e. The second kappa shape index (κ2) is 11.6. The molecule has 4 aromatic rings. The number of benzene rings is 3. The Morgan fingerprint density at radius 2 is 1.72 bits per heavy atom. The summed E-state index contributed by atoms with van der Waals surface area (Å²) in [6, 6.07) is 22.9. The first-order chi connectivity index (χ1) is 17.5. The van der Waals surface area contributed by atoms with Crippen LogP contribution in [0.15, 0.2) is 79.0 Å². The minimum absolute atomic E-state index is 0.0911. The third-order valence-corrected chi connectivity index (χ3v) is 5.95. The number of amides is 1. The molecule has 36 heavy (non-hydrogen) atoms. The lowest BCUT2D eigenvalue weighted by Crippen LogP contribution is -2.39. The number of aryl methyl sites for hydroxylation is 1. The molecule has 1 aromatic heterocycles. The minimum Gasteiger partial charge on any atom is -0.490 e. The third kappa shape index (κ3) is 5.97. The van der Waals surface area contributed by atoms with Gasteiger partial charge in [-0.05, 0) is 69.2 Å². The number of ether oxygens (including phenoxy) is 1. The van der Waals surface area contributed by atoms with E-state index in [0.29, 0.717) is 23.3 Å². The molecular formula is C31H32N2O3. The molecule has 184 valence electrons. The van der Waals surface area contributed by atoms with Crippen LogP contribution in [0.4, 0.5) is 0 Å². The van der Waals surface area contributed by atoms with Crippen molar-refractivity contribution in [3.8, 4) is 17.6 Å². The Bertz CT molecular complexity index is 1390. The highest BCUT2D eigenvalue weighted by atomic mass is 16.5. The Labute approximate surface area is 212 Å². The van der Waals surface area contributed by atoms with Crippen LogP contribution in [0, 0.1) is 11.8 Å². The molecular weight excluding hydrogens is 448 g/mol. The second-order valence-corrected chi connectivity index (χ2v) is 9.01. The number of nitrogens with zero attached hydrogens (tertiary/aromatic N) is 1. The molecule has 0 saturated carbocycles. The summed E-state index contributed by atoms with van der Waals surface area (Å²) in [6.45, 7) is 6.62. The number of hydrogen-bond donors (Lipinski definition) is 2. The van der Waals surface area contributed by atoms with Gasteiger partial charge in [0, 0.05) is 34.8 Å². The summed E-state index contributed by atoms with van der Waals surface area (Å²) in [7, 11) is 0. The van der Waals surface area contributed by atoms with E-state index in [1.165, 1.54) is 0 Å². The number of fused-ring (bicyclic) bond motifs is 1. The highest BCUT2D eigenvalue weighted by Crippen LogP contribution is 2.24. The normalized spacial score (nSPS) is 11.7. The maximum atomic E-state index is 13.4. The molecule has 0 saturated heterocycles. The molecule has 2 N–H and O–H groups in total. The fourth-order valence-electron chi connectivity index (χ4n) is 4.24. The van der Waals surface area contributed by atoms with Gasteiger partial charge in [-0.3, -0.25) is 4.79 Å². The first kappa shape index (κ1) is 25.1. The van der Waals surface area contributed by atoms with Crippen LogP contribution < -0.4 is 10.1 Å². The monoisotopic (exact) mass is 480 g/mol. The maximum Gasteiger partial charge on any atom is 0.255 e. The molecule has 4 rings (SSSR count). The number of para-hydroxylation sites is 1. The van der Waals surface area contributed by atoms with Crippen LogP contribution in [0.5, 0.6) is 5.75 Å². The van der Waals surface area contributed by atoms with Gasteiger partial charge in [0.05, 0.1) is 24.3 Å². The van der Waals surface area contributed by atoms with E-state index in [-0.39, 0.29) is 18.6 Å². The average Bonchev–Trinajstić information content (AvgIpc) is 3.25. The van der Waals surface area contributed by atoms with E-state index in [1.54, 1.807) is 12.1 Å². The number of aliphatic hydroxyl groups excluding tert-OH is 1. The first-order valence-corrected chi connectivity index (χ1v) is 12.3. The predicted octanol–water partition coefficient (Wildman–Crippen LogP) is 5.18. The van der Waals surface area contributed by atoms with Crippen molar-refractivity contribution in [2.45, 2.75) is 45.9 Å². The van der Waals surface area contributed by atoms with E-state index in [1.807, 2.05) is 62.4 Å². The standard InChI is InChI=1S/C31H32N2O3/c1-4-33-20-25(27-12-8-9-13-29(27)33)19-26(21-34)32-31(35)28-18-24(16-17-30(28)36-22(2)3)15-14-23-10-6-5-7-11-23/h5-13,16-18,20,22,26,34H,4,19,21H2,1-3H3,(H,32,35). The van der Waals surface area contributed by atoms with Crippen LogP contribution in [0.2, 0.25) is 0 Å². The van der Waals surface area contributed by atoms with Gasteiger partial charge in [0.15, 0.2) is 0 Å². The van der Waals surface area contributed by atoms with Gasteiger partial charge in [-0.25, -0.2) is 0 Å². The predicted molar refractivity (Wildman–Crippen MR) is 144 cm³/mol. The average molecular weight is 481 g/mol. The number of aliphatic hydroxyl groups is 1. The lowest BCUT2D eigenvalue weighted by Gasteiger charge is -2.19. The summed E-state index contributed by atoms with van der Waals surface area (Å²) in [5.74, 6) is 6.46. The van der Waals surface area contributed by atoms with E-state index in [0.717, 1.165) is 28.6 Å². The summed E-state index contributed by atoms with van der Waals surface area (Å²) in [5.41, 5.74) is 4.26. The lowest BCUT2D eigenvalue weighted by molar-refractivity contribution is 0.0910. The van der Waals surface area contributed by atoms with E-state index in [2.05, 4.69) is 47.0 Å². The summed E-state index contributed by atoms with van der Waals surface area (Å²) in [4.78, 5) is 13.4. The minimum atomic E-state index is -0.445. The number of carbonyl (C=O) groups excluding carboxylic acids is 1. The Morgan fingerprint density at radius 3 is 2.44 bits per heavy atom. The number of hydrogen-bond acceptors (Lipinski definition) is 3. The smallest absolute Gasteiger partial charge is 0.255 e. The van der Waals surface area contributed by atoms with Crippen molar-refractivity contribution in [3.05, 3.63) is 101 Å². The Kier molecular flexibility index (Phi) is 8.10. The Balaban J connectivity index is 1.59. The molecule has 0 aliphatic carbocycles. The van der Waals surface area contributed by atoms with Gasteiger partial charge in [-0.1, -0.05) is 48.2 Å². The van der Waals surface area contributed by atoms with Crippen LogP contribution in [0.25, 0.3) is 10.9 Å². The molecule has 0 aliphatic rings. The number of nitrogens with one attached hydrogen (secondary N) is 1. The van der Waals surface area contributed by atoms with Gasteiger partial charge >= 0.3 is 0 Å².